The van der Waals surface area contributed by atoms with E-state index in [-0.39, 0.29) is 35.6 Å². The lowest BCUT2D eigenvalue weighted by atomic mass is 9.93. The molecule has 5 heterocycles. The van der Waals surface area contributed by atoms with E-state index in [9.17, 15) is 14.0 Å². The van der Waals surface area contributed by atoms with Gasteiger partial charge in [0.1, 0.15) is 5.82 Å². The fourth-order valence-corrected chi connectivity index (χ4v) is 8.02. The molecule has 2 unspecified atom stereocenters. The Morgan fingerprint density at radius 1 is 1.02 bits per heavy atom. The predicted octanol–water partition coefficient (Wildman–Crippen LogP) is 6.41. The summed E-state index contributed by atoms with van der Waals surface area (Å²) in [6, 6.07) is 18.3. The highest BCUT2D eigenvalue weighted by atomic mass is 32.1. The van der Waals surface area contributed by atoms with Crippen molar-refractivity contribution in [1.82, 2.24) is 25.4 Å². The van der Waals surface area contributed by atoms with Crippen LogP contribution in [0, 0.1) is 12.7 Å². The summed E-state index contributed by atoms with van der Waals surface area (Å²) in [5.74, 6) is 0.204. The zero-order valence-corrected chi connectivity index (χ0v) is 26.9. The van der Waals surface area contributed by atoms with Gasteiger partial charge in [0.2, 0.25) is 11.8 Å². The van der Waals surface area contributed by atoms with Crippen LogP contribution in [-0.4, -0.2) is 50.7 Å². The Labute approximate surface area is 275 Å². The van der Waals surface area contributed by atoms with Crippen LogP contribution in [0.4, 0.5) is 4.39 Å². The molecule has 1 fully saturated rings. The van der Waals surface area contributed by atoms with E-state index < -0.39 is 0 Å². The van der Waals surface area contributed by atoms with Gasteiger partial charge < -0.3 is 19.7 Å². The number of pyridine rings is 1. The summed E-state index contributed by atoms with van der Waals surface area (Å²) >= 11 is 1.35. The molecule has 0 radical (unpaired) electrons. The first-order valence-electron chi connectivity index (χ1n) is 15.8. The molecule has 11 heteroatoms. The normalized spacial score (nSPS) is 17.6. The Kier molecular flexibility index (Phi) is 8.42. The lowest BCUT2D eigenvalue weighted by Crippen LogP contribution is -2.26. The molecule has 0 saturated carbocycles. The summed E-state index contributed by atoms with van der Waals surface area (Å²) < 4.78 is 19.6. The Bertz CT molecular complexity index is 1970. The average Bonchev–Trinajstić information content (AvgIpc) is 3.93. The fourth-order valence-electron chi connectivity index (χ4n) is 7.05. The van der Waals surface area contributed by atoms with Crippen LogP contribution in [0.1, 0.15) is 85.3 Å². The van der Waals surface area contributed by atoms with Gasteiger partial charge in [0.05, 0.1) is 39.5 Å². The zero-order valence-electron chi connectivity index (χ0n) is 26.1. The second-order valence-corrected chi connectivity index (χ2v) is 13.0. The zero-order chi connectivity index (χ0) is 32.7. The third-order valence-electron chi connectivity index (χ3n) is 9.16. The Hall–Kier alpha value is -4.74. The first-order chi connectivity index (χ1) is 22.9. The quantitative estimate of drug-likeness (QED) is 0.209. The van der Waals surface area contributed by atoms with E-state index in [0.717, 1.165) is 54.6 Å². The Balaban J connectivity index is 0.00000172. The summed E-state index contributed by atoms with van der Waals surface area (Å²) in [7, 11) is 1.00. The number of carbonyl (C=O) groups excluding carboxylic acids is 2. The number of hydrogen-bond donors (Lipinski definition) is 2. The molecule has 1 saturated heterocycles. The minimum Gasteiger partial charge on any atom is -0.421 e. The van der Waals surface area contributed by atoms with Crippen LogP contribution in [-0.2, 0) is 19.3 Å². The van der Waals surface area contributed by atoms with Crippen LogP contribution in [0.2, 0.25) is 0 Å². The molecule has 3 aliphatic rings. The van der Waals surface area contributed by atoms with E-state index in [1.807, 2.05) is 29.2 Å². The molecular formula is C36H34FN5O4S. The van der Waals surface area contributed by atoms with Crippen LogP contribution < -0.4 is 5.32 Å². The molecule has 1 aliphatic carbocycles. The second-order valence-electron chi connectivity index (χ2n) is 11.9. The number of rotatable bonds is 7. The van der Waals surface area contributed by atoms with Crippen molar-refractivity contribution >= 4 is 23.2 Å². The molecule has 2 aromatic carbocycles. The number of aliphatic hydroxyl groups is 1. The molecule has 9 nitrogen and oxygen atoms in total. The van der Waals surface area contributed by atoms with Gasteiger partial charge >= 0.3 is 0 Å². The predicted molar refractivity (Wildman–Crippen MR) is 176 cm³/mol. The van der Waals surface area contributed by atoms with E-state index in [4.69, 9.17) is 14.5 Å². The van der Waals surface area contributed by atoms with Crippen molar-refractivity contribution in [2.75, 3.05) is 13.7 Å². The summed E-state index contributed by atoms with van der Waals surface area (Å²) in [6.07, 6.45) is 4.70. The van der Waals surface area contributed by atoms with E-state index in [1.165, 1.54) is 34.6 Å². The number of benzene rings is 2. The van der Waals surface area contributed by atoms with Crippen LogP contribution >= 0.6 is 11.3 Å². The van der Waals surface area contributed by atoms with Gasteiger partial charge in [0, 0.05) is 31.0 Å². The van der Waals surface area contributed by atoms with Crippen molar-refractivity contribution in [1.29, 1.82) is 0 Å². The number of aliphatic hydroxyl groups excluding tert-OH is 1. The molecule has 8 rings (SSSR count). The lowest BCUT2D eigenvalue weighted by molar-refractivity contribution is 0.0776. The molecule has 0 bridgehead atoms. The monoisotopic (exact) mass is 651 g/mol. The van der Waals surface area contributed by atoms with Gasteiger partial charge in [-0.1, -0.05) is 36.4 Å². The fraction of sp³-hybridized carbons (Fsp3) is 0.306. The maximum atomic E-state index is 14.0. The van der Waals surface area contributed by atoms with Gasteiger partial charge in [-0.2, -0.15) is 0 Å². The molecule has 2 amide bonds. The molecule has 5 aromatic rings. The van der Waals surface area contributed by atoms with Crippen molar-refractivity contribution < 1.29 is 23.5 Å². The summed E-state index contributed by atoms with van der Waals surface area (Å²) in [6.45, 7) is 2.41. The van der Waals surface area contributed by atoms with Gasteiger partial charge in [-0.3, -0.25) is 14.6 Å². The number of fused-ring (bicyclic) bond motifs is 4. The Morgan fingerprint density at radius 2 is 1.83 bits per heavy atom. The third-order valence-corrected chi connectivity index (χ3v) is 10.3. The van der Waals surface area contributed by atoms with E-state index in [2.05, 4.69) is 27.6 Å². The number of halogens is 1. The van der Waals surface area contributed by atoms with Crippen molar-refractivity contribution in [3.05, 3.63) is 111 Å². The molecule has 3 aromatic heterocycles. The van der Waals surface area contributed by atoms with Crippen LogP contribution in [0.25, 0.3) is 21.9 Å². The van der Waals surface area contributed by atoms with Gasteiger partial charge in [0.25, 0.3) is 11.8 Å². The number of nitrogens with zero attached hydrogens (tertiary/aromatic N) is 4. The highest BCUT2D eigenvalue weighted by Crippen LogP contribution is 2.49. The smallest absolute Gasteiger partial charge is 0.261 e. The van der Waals surface area contributed by atoms with E-state index in [0.29, 0.717) is 46.8 Å². The maximum absolute atomic E-state index is 14.0. The number of aromatic nitrogens is 3. The average molecular weight is 652 g/mol. The summed E-state index contributed by atoms with van der Waals surface area (Å²) in [5.41, 5.74) is 6.76. The highest BCUT2D eigenvalue weighted by Gasteiger charge is 2.45. The summed E-state index contributed by atoms with van der Waals surface area (Å²) in [4.78, 5) is 35.9. The first kappa shape index (κ1) is 30.9. The largest absolute Gasteiger partial charge is 0.421 e. The van der Waals surface area contributed by atoms with Crippen molar-refractivity contribution in [2.45, 2.75) is 57.5 Å². The topological polar surface area (TPSA) is 121 Å². The maximum Gasteiger partial charge on any atom is 0.261 e. The van der Waals surface area contributed by atoms with Crippen molar-refractivity contribution in [3.63, 3.8) is 0 Å². The molecule has 2 aliphatic heterocycles. The SMILES string of the molecule is CO.Cc1nnc(-c2c(CCc3ccc(F)cc3)nc3c(c2-c2ccc(C(=O)NC4CCc5ccccc54)s2)C(=O)N2CCCC32)o1. The lowest BCUT2D eigenvalue weighted by Gasteiger charge is -2.16. The number of thiophene rings is 1. The van der Waals surface area contributed by atoms with Crippen LogP contribution in [0.5, 0.6) is 0 Å². The second kappa shape index (κ2) is 12.8. The number of carbonyl (C=O) groups is 2. The molecule has 2 atom stereocenters. The third kappa shape index (κ3) is 5.63. The van der Waals surface area contributed by atoms with Crippen molar-refractivity contribution in [2.24, 2.45) is 0 Å². The van der Waals surface area contributed by atoms with Crippen LogP contribution in [0.15, 0.2) is 65.1 Å². The Morgan fingerprint density at radius 3 is 2.62 bits per heavy atom. The minimum absolute atomic E-state index is 0.0341. The molecule has 2 N–H and O–H groups in total. The number of hydrogen-bond acceptors (Lipinski definition) is 8. The van der Waals surface area contributed by atoms with Crippen molar-refractivity contribution in [3.8, 4) is 21.9 Å². The highest BCUT2D eigenvalue weighted by molar-refractivity contribution is 7.17. The number of amides is 2. The molecule has 240 valence electrons. The van der Waals surface area contributed by atoms with E-state index in [1.54, 1.807) is 19.1 Å². The van der Waals surface area contributed by atoms with Crippen LogP contribution in [0.3, 0.4) is 0 Å². The van der Waals surface area contributed by atoms with E-state index >= 15 is 0 Å². The molecule has 47 heavy (non-hydrogen) atoms. The molecular weight excluding hydrogens is 617 g/mol. The van der Waals surface area contributed by atoms with Gasteiger partial charge in [0.15, 0.2) is 0 Å². The van der Waals surface area contributed by atoms with Gasteiger partial charge in [-0.25, -0.2) is 4.39 Å². The van der Waals surface area contributed by atoms with Gasteiger partial charge in [-0.15, -0.1) is 21.5 Å². The minimum atomic E-state index is -0.284. The number of aryl methyl sites for hydroxylation is 4. The summed E-state index contributed by atoms with van der Waals surface area (Å²) in [5, 5.41) is 18.7. The standard InChI is InChI=1S/C35H30FN5O3S.CH4O/c1-19-39-40-34(44-19)29-25(14-10-20-8-12-22(36)13-9-20)37-32-26-7-4-18-41(26)35(43)31(32)30(29)27-16-17-28(45-27)33(42)38-24-15-11-21-5-2-3-6-23(21)24;1-2/h2-3,5-6,8-9,12-13,16-17,24,26H,4,7,10-11,14-15,18H2,1H3,(H,38,42);2H,1H3. The van der Waals surface area contributed by atoms with Gasteiger partial charge in [-0.05, 0) is 79.5 Å². The first-order valence-corrected chi connectivity index (χ1v) is 16.6. The number of nitrogens with one attached hydrogen (secondary N) is 1. The molecule has 0 spiro atoms.